The molecule has 0 bridgehead atoms. The zero-order valence-corrected chi connectivity index (χ0v) is 18.3. The Balaban J connectivity index is 2.29. The maximum atomic E-state index is 11.3. The summed E-state index contributed by atoms with van der Waals surface area (Å²) < 4.78 is 13.0. The van der Waals surface area contributed by atoms with Gasteiger partial charge in [-0.1, -0.05) is 12.1 Å². The van der Waals surface area contributed by atoms with Crippen LogP contribution >= 0.6 is 38.5 Å². The highest BCUT2D eigenvalue weighted by Crippen LogP contribution is 2.37. The second-order valence-electron chi connectivity index (χ2n) is 5.49. The smallest absolute Gasteiger partial charge is 0.352 e. The van der Waals surface area contributed by atoms with Gasteiger partial charge in [0.2, 0.25) is 5.91 Å². The summed E-state index contributed by atoms with van der Waals surface area (Å²) in [5.41, 5.74) is 1.31. The highest BCUT2D eigenvalue weighted by molar-refractivity contribution is 14.1. The molecule has 8 heteroatoms. The van der Waals surface area contributed by atoms with E-state index in [4.69, 9.17) is 9.47 Å². The van der Waals surface area contributed by atoms with Gasteiger partial charge in [0.15, 0.2) is 11.5 Å². The Kier molecular flexibility index (Phi) is 7.66. The van der Waals surface area contributed by atoms with Gasteiger partial charge in [0, 0.05) is 10.5 Å². The number of carbonyl (C=O) groups is 2. The lowest BCUT2D eigenvalue weighted by atomic mass is 10.1. The molecule has 142 valence electrons. The molecule has 2 aromatic rings. The van der Waals surface area contributed by atoms with E-state index in [0.29, 0.717) is 28.1 Å². The van der Waals surface area contributed by atoms with Gasteiger partial charge in [0.25, 0.3) is 0 Å². The molecule has 0 saturated heterocycles. The number of hydrogen-bond donors (Lipinski definition) is 2. The molecule has 27 heavy (non-hydrogen) atoms. The van der Waals surface area contributed by atoms with E-state index in [2.05, 4.69) is 43.8 Å². The lowest BCUT2D eigenvalue weighted by Crippen LogP contribution is -2.24. The molecular formula is C19H17BrINO5. The summed E-state index contributed by atoms with van der Waals surface area (Å²) in [5.74, 6) is -0.759. The SMILES string of the molecule is COc1cc(/C=C(/NC(C)=O)C(=O)O)cc(Br)c1OCc1ccc(I)cc1. The Hall–Kier alpha value is -2.07. The monoisotopic (exact) mass is 545 g/mol. The average Bonchev–Trinajstić information content (AvgIpc) is 2.60. The maximum absolute atomic E-state index is 11.3. The first-order valence-electron chi connectivity index (χ1n) is 7.77. The summed E-state index contributed by atoms with van der Waals surface area (Å²) in [5, 5.41) is 11.5. The van der Waals surface area contributed by atoms with Crippen molar-refractivity contribution in [1.29, 1.82) is 0 Å². The van der Waals surface area contributed by atoms with Gasteiger partial charge in [-0.25, -0.2) is 4.79 Å². The second-order valence-corrected chi connectivity index (χ2v) is 7.59. The average molecular weight is 546 g/mol. The normalized spacial score (nSPS) is 11.0. The van der Waals surface area contributed by atoms with E-state index in [9.17, 15) is 14.7 Å². The van der Waals surface area contributed by atoms with E-state index in [1.54, 1.807) is 12.1 Å². The van der Waals surface area contributed by atoms with Crippen LogP contribution in [0.4, 0.5) is 0 Å². The number of amides is 1. The third-order valence-corrected chi connectivity index (χ3v) is 4.71. The van der Waals surface area contributed by atoms with Gasteiger partial charge >= 0.3 is 5.97 Å². The number of halogens is 2. The quantitative estimate of drug-likeness (QED) is 0.402. The molecule has 2 aromatic carbocycles. The van der Waals surface area contributed by atoms with E-state index >= 15 is 0 Å². The van der Waals surface area contributed by atoms with Crippen LogP contribution in [-0.4, -0.2) is 24.1 Å². The van der Waals surface area contributed by atoms with Crippen LogP contribution in [-0.2, 0) is 16.2 Å². The van der Waals surface area contributed by atoms with Crippen molar-refractivity contribution in [2.45, 2.75) is 13.5 Å². The standard InChI is InChI=1S/C19H17BrINO5/c1-11(23)22-16(19(24)25)8-13-7-15(20)18(17(9-13)26-2)27-10-12-3-5-14(21)6-4-12/h3-9H,10H2,1-2H3,(H,22,23)(H,24,25)/b16-8+. The molecule has 0 heterocycles. The number of benzene rings is 2. The maximum Gasteiger partial charge on any atom is 0.352 e. The fraction of sp³-hybridized carbons (Fsp3) is 0.158. The third kappa shape index (κ3) is 6.24. The van der Waals surface area contributed by atoms with Crippen LogP contribution in [0, 0.1) is 3.57 Å². The predicted molar refractivity (Wildman–Crippen MR) is 114 cm³/mol. The number of carboxylic acids is 1. The van der Waals surface area contributed by atoms with Gasteiger partial charge in [0.1, 0.15) is 12.3 Å². The lowest BCUT2D eigenvalue weighted by molar-refractivity contribution is -0.134. The van der Waals surface area contributed by atoms with E-state index in [-0.39, 0.29) is 5.70 Å². The number of methoxy groups -OCH3 is 1. The van der Waals surface area contributed by atoms with Crippen molar-refractivity contribution in [3.63, 3.8) is 0 Å². The topological polar surface area (TPSA) is 84.9 Å². The van der Waals surface area contributed by atoms with Crippen molar-refractivity contribution in [3.05, 3.63) is 61.3 Å². The summed E-state index contributed by atoms with van der Waals surface area (Å²) in [6, 6.07) is 11.3. The molecule has 0 saturated carbocycles. The minimum atomic E-state index is -1.24. The molecule has 2 N–H and O–H groups in total. The van der Waals surface area contributed by atoms with Crippen LogP contribution < -0.4 is 14.8 Å². The number of nitrogens with one attached hydrogen (secondary N) is 1. The van der Waals surface area contributed by atoms with Crippen molar-refractivity contribution < 1.29 is 24.2 Å². The van der Waals surface area contributed by atoms with Crippen LogP contribution in [0.25, 0.3) is 6.08 Å². The summed E-state index contributed by atoms with van der Waals surface area (Å²) in [6.07, 6.45) is 1.35. The van der Waals surface area contributed by atoms with Crippen LogP contribution in [0.5, 0.6) is 11.5 Å². The highest BCUT2D eigenvalue weighted by Gasteiger charge is 2.14. The van der Waals surface area contributed by atoms with Gasteiger partial charge in [-0.2, -0.15) is 0 Å². The van der Waals surface area contributed by atoms with Crippen molar-refractivity contribution >= 4 is 56.5 Å². The largest absolute Gasteiger partial charge is 0.493 e. The number of carbonyl (C=O) groups excluding carboxylic acids is 1. The molecule has 0 aliphatic rings. The highest BCUT2D eigenvalue weighted by atomic mass is 127. The first-order valence-corrected chi connectivity index (χ1v) is 9.64. The van der Waals surface area contributed by atoms with Crippen molar-refractivity contribution in [2.24, 2.45) is 0 Å². The number of rotatable bonds is 7. The summed E-state index contributed by atoms with van der Waals surface area (Å²) >= 11 is 5.67. The lowest BCUT2D eigenvalue weighted by Gasteiger charge is -2.14. The molecular weight excluding hydrogens is 529 g/mol. The molecule has 0 aromatic heterocycles. The van der Waals surface area contributed by atoms with Gasteiger partial charge in [-0.15, -0.1) is 0 Å². The molecule has 0 fully saturated rings. The van der Waals surface area contributed by atoms with Crippen molar-refractivity contribution in [2.75, 3.05) is 7.11 Å². The zero-order chi connectivity index (χ0) is 20.0. The number of carboxylic acid groups (broad SMARTS) is 1. The Morgan fingerprint density at radius 2 is 1.93 bits per heavy atom. The zero-order valence-electron chi connectivity index (χ0n) is 14.6. The first-order chi connectivity index (χ1) is 12.8. The molecule has 0 aliphatic heterocycles. The second kappa shape index (κ2) is 9.75. The molecule has 0 spiro atoms. The summed E-state index contributed by atoms with van der Waals surface area (Å²) in [6.45, 7) is 1.60. The fourth-order valence-electron chi connectivity index (χ4n) is 2.21. The molecule has 0 atom stereocenters. The minimum absolute atomic E-state index is 0.232. The van der Waals surface area contributed by atoms with E-state index < -0.39 is 11.9 Å². The Bertz CT molecular complexity index is 880. The van der Waals surface area contributed by atoms with Crippen molar-refractivity contribution in [1.82, 2.24) is 5.32 Å². The molecule has 2 rings (SSSR count). The molecule has 6 nitrogen and oxygen atoms in total. The Morgan fingerprint density at radius 1 is 1.26 bits per heavy atom. The number of aliphatic carboxylic acids is 1. The van der Waals surface area contributed by atoms with Gasteiger partial charge < -0.3 is 19.9 Å². The fourth-order valence-corrected chi connectivity index (χ4v) is 3.14. The minimum Gasteiger partial charge on any atom is -0.493 e. The van der Waals surface area contributed by atoms with Crippen LogP contribution in [0.15, 0.2) is 46.6 Å². The summed E-state index contributed by atoms with van der Waals surface area (Å²) in [7, 11) is 1.50. The molecule has 0 radical (unpaired) electrons. The van der Waals surface area contributed by atoms with Crippen LogP contribution in [0.3, 0.4) is 0 Å². The van der Waals surface area contributed by atoms with E-state index in [1.807, 2.05) is 24.3 Å². The number of hydrogen-bond acceptors (Lipinski definition) is 4. The number of ether oxygens (including phenoxy) is 2. The van der Waals surface area contributed by atoms with Crippen LogP contribution in [0.2, 0.25) is 0 Å². The molecule has 0 unspecified atom stereocenters. The van der Waals surface area contributed by atoms with Gasteiger partial charge in [0.05, 0.1) is 11.6 Å². The van der Waals surface area contributed by atoms with Gasteiger partial charge in [-0.05, 0) is 80.0 Å². The van der Waals surface area contributed by atoms with Crippen LogP contribution in [0.1, 0.15) is 18.1 Å². The van der Waals surface area contributed by atoms with E-state index in [1.165, 1.54) is 20.1 Å². The first kappa shape index (κ1) is 21.2. The van der Waals surface area contributed by atoms with E-state index in [0.717, 1.165) is 9.13 Å². The molecule has 0 aliphatic carbocycles. The molecule has 1 amide bonds. The van der Waals surface area contributed by atoms with Gasteiger partial charge in [-0.3, -0.25) is 4.79 Å². The third-order valence-electron chi connectivity index (χ3n) is 3.40. The summed E-state index contributed by atoms with van der Waals surface area (Å²) in [4.78, 5) is 22.4. The Labute approximate surface area is 178 Å². The predicted octanol–water partition coefficient (Wildman–Crippen LogP) is 4.20. The van der Waals surface area contributed by atoms with Crippen molar-refractivity contribution in [3.8, 4) is 11.5 Å². The Morgan fingerprint density at radius 3 is 2.48 bits per heavy atom.